The summed E-state index contributed by atoms with van der Waals surface area (Å²) in [5, 5.41) is 5.62. The van der Waals surface area contributed by atoms with Crippen molar-refractivity contribution in [2.24, 2.45) is 4.99 Å². The van der Waals surface area contributed by atoms with Gasteiger partial charge >= 0.3 is 0 Å². The van der Waals surface area contributed by atoms with Gasteiger partial charge in [-0.2, -0.15) is 0 Å². The van der Waals surface area contributed by atoms with Crippen LogP contribution in [0.2, 0.25) is 5.15 Å². The maximum Gasteiger partial charge on any atom is 0.134 e. The molecule has 0 radical (unpaired) electrons. The van der Waals surface area contributed by atoms with Crippen LogP contribution in [0.5, 0.6) is 0 Å². The first-order valence-electron chi connectivity index (χ1n) is 12.3. The molecule has 1 atom stereocenters. The number of hydrogen-bond donors (Lipinski definition) is 1. The third-order valence-corrected chi connectivity index (χ3v) is 5.28. The molecule has 1 aliphatic rings. The third-order valence-electron chi connectivity index (χ3n) is 4.98. The second-order valence-electron chi connectivity index (χ2n) is 8.74. The molecule has 1 aromatic heterocycles. The minimum absolute atomic E-state index is 0.138. The Balaban J connectivity index is 0.00000137. The molecule has 1 unspecified atom stereocenters. The van der Waals surface area contributed by atoms with Gasteiger partial charge in [0.2, 0.25) is 0 Å². The summed E-state index contributed by atoms with van der Waals surface area (Å²) in [5.41, 5.74) is 3.22. The summed E-state index contributed by atoms with van der Waals surface area (Å²) in [6.45, 7) is 26.8. The molecule has 0 bridgehead atoms. The summed E-state index contributed by atoms with van der Waals surface area (Å²) in [7, 11) is 0. The first-order valence-corrected chi connectivity index (χ1v) is 12.7. The number of halogens is 1. The molecular weight excluding hydrogens is 440 g/mol. The van der Waals surface area contributed by atoms with E-state index >= 15 is 0 Å². The molecule has 2 heterocycles. The number of amidine groups is 1. The maximum absolute atomic E-state index is 6.59. The number of benzene rings is 1. The van der Waals surface area contributed by atoms with Gasteiger partial charge in [-0.25, -0.2) is 4.98 Å². The van der Waals surface area contributed by atoms with Crippen molar-refractivity contribution in [1.82, 2.24) is 15.2 Å². The van der Waals surface area contributed by atoms with Crippen LogP contribution in [0.1, 0.15) is 71.2 Å². The van der Waals surface area contributed by atoms with Crippen molar-refractivity contribution in [2.45, 2.75) is 73.5 Å². The molecule has 0 aliphatic carbocycles. The van der Waals surface area contributed by atoms with Crippen molar-refractivity contribution in [3.05, 3.63) is 75.4 Å². The van der Waals surface area contributed by atoms with Gasteiger partial charge in [0, 0.05) is 25.2 Å². The second-order valence-corrected chi connectivity index (χ2v) is 9.10. The quantitative estimate of drug-likeness (QED) is 0.558. The zero-order valence-electron chi connectivity index (χ0n) is 22.4. The molecule has 1 fully saturated rings. The van der Waals surface area contributed by atoms with E-state index in [1.54, 1.807) is 6.08 Å². The van der Waals surface area contributed by atoms with Gasteiger partial charge in [0.15, 0.2) is 0 Å². The zero-order chi connectivity index (χ0) is 25.9. The topological polar surface area (TPSA) is 40.5 Å². The number of pyridine rings is 1. The highest BCUT2D eigenvalue weighted by atomic mass is 35.5. The maximum atomic E-state index is 6.59. The molecule has 1 saturated heterocycles. The monoisotopic (exact) mass is 482 g/mol. The normalized spacial score (nSPS) is 17.4. The summed E-state index contributed by atoms with van der Waals surface area (Å²) >= 11 is 6.59. The van der Waals surface area contributed by atoms with E-state index in [2.05, 4.69) is 80.3 Å². The van der Waals surface area contributed by atoms with E-state index in [0.29, 0.717) is 10.5 Å². The highest BCUT2D eigenvalue weighted by Crippen LogP contribution is 2.27. The lowest BCUT2D eigenvalue weighted by Gasteiger charge is -2.38. The Hall–Kier alpha value is -2.43. The summed E-state index contributed by atoms with van der Waals surface area (Å²) in [6.07, 6.45) is 3.65. The first-order chi connectivity index (χ1) is 16.2. The predicted octanol–water partition coefficient (Wildman–Crippen LogP) is 5.82. The Morgan fingerprint density at radius 1 is 1.18 bits per heavy atom. The predicted molar refractivity (Wildman–Crippen MR) is 151 cm³/mol. The molecule has 0 amide bonds. The molecule has 186 valence electrons. The lowest BCUT2D eigenvalue weighted by Crippen LogP contribution is -2.51. The SMILES string of the molecule is C=C/C=c1/cc(C2NCCN(Cc3ccc(C)cc3)C2=NC(C)(C)C)c(Cl)nc1=C.CC.CC. The number of nitrogens with zero attached hydrogens (tertiary/aromatic N) is 3. The smallest absolute Gasteiger partial charge is 0.134 e. The van der Waals surface area contributed by atoms with Crippen LogP contribution in [0.4, 0.5) is 0 Å². The van der Waals surface area contributed by atoms with Crippen molar-refractivity contribution in [2.75, 3.05) is 13.1 Å². The van der Waals surface area contributed by atoms with Crippen LogP contribution in [0, 0.1) is 6.92 Å². The summed E-state index contributed by atoms with van der Waals surface area (Å²) in [5.74, 6) is 0.986. The van der Waals surface area contributed by atoms with Gasteiger partial charge in [-0.05, 0) is 44.5 Å². The lowest BCUT2D eigenvalue weighted by molar-refractivity contribution is 0.337. The van der Waals surface area contributed by atoms with E-state index in [1.807, 2.05) is 39.8 Å². The van der Waals surface area contributed by atoms with Gasteiger partial charge < -0.3 is 10.2 Å². The molecule has 0 spiro atoms. The number of hydrogen-bond acceptors (Lipinski definition) is 3. The largest absolute Gasteiger partial charge is 0.353 e. The lowest BCUT2D eigenvalue weighted by atomic mass is 10.0. The molecule has 0 saturated carbocycles. The Labute approximate surface area is 212 Å². The molecule has 1 N–H and O–H groups in total. The Morgan fingerprint density at radius 2 is 1.79 bits per heavy atom. The zero-order valence-corrected chi connectivity index (χ0v) is 23.1. The fourth-order valence-corrected chi connectivity index (χ4v) is 3.83. The average Bonchev–Trinajstić information content (AvgIpc) is 2.80. The second kappa shape index (κ2) is 14.1. The van der Waals surface area contributed by atoms with E-state index in [9.17, 15) is 0 Å². The van der Waals surface area contributed by atoms with Crippen LogP contribution in [0.25, 0.3) is 12.7 Å². The Bertz CT molecular complexity index is 1050. The fraction of sp³-hybridized carbons (Fsp3) is 0.448. The molecule has 2 aromatic rings. The summed E-state index contributed by atoms with van der Waals surface area (Å²) in [6, 6.07) is 10.6. The number of aliphatic imine (C=N–C) groups is 1. The van der Waals surface area contributed by atoms with Crippen LogP contribution < -0.4 is 15.9 Å². The van der Waals surface area contributed by atoms with Crippen molar-refractivity contribution in [3.63, 3.8) is 0 Å². The van der Waals surface area contributed by atoms with E-state index in [4.69, 9.17) is 16.6 Å². The van der Waals surface area contributed by atoms with E-state index in [1.165, 1.54) is 11.1 Å². The molecule has 1 aliphatic heterocycles. The Kier molecular flexibility index (Phi) is 12.3. The van der Waals surface area contributed by atoms with Crippen LogP contribution in [-0.4, -0.2) is 34.3 Å². The van der Waals surface area contributed by atoms with Gasteiger partial charge in [-0.15, -0.1) is 0 Å². The average molecular weight is 483 g/mol. The van der Waals surface area contributed by atoms with Gasteiger partial charge in [0.1, 0.15) is 11.0 Å². The molecule has 1 aromatic carbocycles. The van der Waals surface area contributed by atoms with Crippen LogP contribution in [0.15, 0.2) is 48.0 Å². The van der Waals surface area contributed by atoms with Crippen LogP contribution >= 0.6 is 11.6 Å². The first kappa shape index (κ1) is 29.6. The highest BCUT2D eigenvalue weighted by Gasteiger charge is 2.31. The summed E-state index contributed by atoms with van der Waals surface area (Å²) in [4.78, 5) is 11.9. The van der Waals surface area contributed by atoms with Crippen molar-refractivity contribution in [1.29, 1.82) is 0 Å². The van der Waals surface area contributed by atoms with Crippen molar-refractivity contribution >= 4 is 30.1 Å². The van der Waals surface area contributed by atoms with Gasteiger partial charge in [-0.1, -0.05) is 94.4 Å². The molecule has 34 heavy (non-hydrogen) atoms. The number of allylic oxidation sites excluding steroid dienone is 1. The van der Waals surface area contributed by atoms with Crippen LogP contribution in [0.3, 0.4) is 0 Å². The molecular formula is C29H43ClN4. The number of nitrogens with one attached hydrogen (secondary N) is 1. The van der Waals surface area contributed by atoms with Gasteiger partial charge in [0.25, 0.3) is 0 Å². The number of piperazine rings is 1. The van der Waals surface area contributed by atoms with E-state index in [-0.39, 0.29) is 11.6 Å². The number of aromatic nitrogens is 1. The van der Waals surface area contributed by atoms with Crippen LogP contribution in [-0.2, 0) is 6.54 Å². The van der Waals surface area contributed by atoms with E-state index in [0.717, 1.165) is 36.3 Å². The van der Waals surface area contributed by atoms with Crippen molar-refractivity contribution < 1.29 is 0 Å². The minimum Gasteiger partial charge on any atom is -0.353 e. The molecule has 3 rings (SSSR count). The molecule has 4 nitrogen and oxygen atoms in total. The third kappa shape index (κ3) is 8.41. The Morgan fingerprint density at radius 3 is 2.35 bits per heavy atom. The van der Waals surface area contributed by atoms with Crippen molar-refractivity contribution in [3.8, 4) is 0 Å². The highest BCUT2D eigenvalue weighted by molar-refractivity contribution is 6.30. The fourth-order valence-electron chi connectivity index (χ4n) is 3.57. The summed E-state index contributed by atoms with van der Waals surface area (Å²) < 4.78 is 0. The number of aryl methyl sites for hydroxylation is 1. The standard InChI is InChI=1S/C25H31ClN4.2C2H6/c1-7-8-20-15-21(23(26)28-18(20)3)22-24(29-25(4,5)6)30(14-13-27-22)16-19-11-9-17(2)10-12-19;2*1-2/h7-12,15,22,27H,1,3,13-14,16H2,2,4-6H3;2*1-2H3/b20-8-,29-24?;;. The number of rotatable bonds is 4. The van der Waals surface area contributed by atoms with E-state index < -0.39 is 0 Å². The molecule has 5 heteroatoms. The minimum atomic E-state index is -0.222. The van der Waals surface area contributed by atoms with Gasteiger partial charge in [0.05, 0.1) is 16.9 Å². The van der Waals surface area contributed by atoms with Gasteiger partial charge in [-0.3, -0.25) is 4.99 Å².